The van der Waals surface area contributed by atoms with E-state index in [1.54, 1.807) is 24.3 Å². The van der Waals surface area contributed by atoms with Gasteiger partial charge in [-0.05, 0) is 6.07 Å². The molecule has 0 bridgehead atoms. The van der Waals surface area contributed by atoms with Crippen LogP contribution in [0.25, 0.3) is 10.9 Å². The summed E-state index contributed by atoms with van der Waals surface area (Å²) in [5.41, 5.74) is 0.330. The predicted octanol–water partition coefficient (Wildman–Crippen LogP) is 1.23. The van der Waals surface area contributed by atoms with Crippen LogP contribution < -0.4 is 0 Å². The number of rotatable bonds is 6. The number of carbonyl (C=O) groups excluding carboxylic acids is 4. The minimum Gasteiger partial charge on any atom is -0.475 e. The Morgan fingerprint density at radius 3 is 2.12 bits per heavy atom. The molecule has 2 heterocycles. The molecule has 1 aromatic carbocycles. The van der Waals surface area contributed by atoms with Gasteiger partial charge >= 0.3 is 23.9 Å². The van der Waals surface area contributed by atoms with Crippen LogP contribution in [0.5, 0.6) is 0 Å². The molecule has 1 saturated heterocycles. The normalized spacial score (nSPS) is 22.7. The van der Waals surface area contributed by atoms with Crippen molar-refractivity contribution in [3.63, 3.8) is 0 Å². The Labute approximate surface area is 181 Å². The fraction of sp³-hybridized carbons (Fsp3) is 0.381. The standard InChI is InChI=1S/C21H21NO10/c1-10(23)30-16-9-29-20(19(32-12(3)25)18(16)31-11(2)24)22-8-14(17(26)21(27)28)13-6-4-5-7-15(13)22/h4-8,16,18-20H,9H2,1-3H3,(H,27,28)/t16-,18+,19+,20-/m0/s1. The van der Waals surface area contributed by atoms with Crippen LogP contribution in [0.4, 0.5) is 0 Å². The first-order valence-electron chi connectivity index (χ1n) is 9.60. The van der Waals surface area contributed by atoms with E-state index in [-0.39, 0.29) is 12.2 Å². The maximum Gasteiger partial charge on any atom is 0.377 e. The summed E-state index contributed by atoms with van der Waals surface area (Å²) in [6.07, 6.45) is -3.37. The van der Waals surface area contributed by atoms with Crippen molar-refractivity contribution in [2.24, 2.45) is 0 Å². The summed E-state index contributed by atoms with van der Waals surface area (Å²) in [7, 11) is 0. The third-order valence-electron chi connectivity index (χ3n) is 4.78. The first-order chi connectivity index (χ1) is 15.1. The Morgan fingerprint density at radius 2 is 1.53 bits per heavy atom. The number of para-hydroxylation sites is 1. The molecule has 0 saturated carbocycles. The van der Waals surface area contributed by atoms with E-state index in [0.717, 1.165) is 13.8 Å². The molecular formula is C21H21NO10. The largest absolute Gasteiger partial charge is 0.475 e. The maximum absolute atomic E-state index is 12.2. The van der Waals surface area contributed by atoms with E-state index in [1.165, 1.54) is 17.7 Å². The Bertz CT molecular complexity index is 1090. The molecule has 0 amide bonds. The zero-order chi connectivity index (χ0) is 23.6. The molecule has 0 aliphatic carbocycles. The lowest BCUT2D eigenvalue weighted by Crippen LogP contribution is -2.55. The third-order valence-corrected chi connectivity index (χ3v) is 4.78. The number of ether oxygens (including phenoxy) is 4. The van der Waals surface area contributed by atoms with Gasteiger partial charge in [-0.3, -0.25) is 19.2 Å². The fourth-order valence-electron chi connectivity index (χ4n) is 3.67. The maximum atomic E-state index is 12.2. The van der Waals surface area contributed by atoms with E-state index >= 15 is 0 Å². The number of esters is 3. The molecule has 1 N–H and O–H groups in total. The van der Waals surface area contributed by atoms with Crippen LogP contribution in [0.1, 0.15) is 37.4 Å². The molecule has 3 rings (SSSR count). The second-order valence-electron chi connectivity index (χ2n) is 7.12. The lowest BCUT2D eigenvalue weighted by molar-refractivity contribution is -0.239. The molecule has 1 aromatic heterocycles. The van der Waals surface area contributed by atoms with Crippen molar-refractivity contribution >= 4 is 40.6 Å². The van der Waals surface area contributed by atoms with Crippen LogP contribution in [-0.4, -0.2) is 64.3 Å². The predicted molar refractivity (Wildman–Crippen MR) is 106 cm³/mol. The highest BCUT2D eigenvalue weighted by Crippen LogP contribution is 2.35. The zero-order valence-electron chi connectivity index (χ0n) is 17.5. The lowest BCUT2D eigenvalue weighted by atomic mass is 10.0. The summed E-state index contributed by atoms with van der Waals surface area (Å²) < 4.78 is 23.2. The minimum atomic E-state index is -1.64. The summed E-state index contributed by atoms with van der Waals surface area (Å²) in [4.78, 5) is 58.6. The molecule has 1 aliphatic rings. The summed E-state index contributed by atoms with van der Waals surface area (Å²) in [6.45, 7) is 3.25. The summed E-state index contributed by atoms with van der Waals surface area (Å²) in [5.74, 6) is -4.85. The van der Waals surface area contributed by atoms with Crippen molar-refractivity contribution in [1.82, 2.24) is 4.57 Å². The van der Waals surface area contributed by atoms with Crippen LogP contribution in [0.15, 0.2) is 30.5 Å². The van der Waals surface area contributed by atoms with Gasteiger partial charge in [0.15, 0.2) is 24.5 Å². The molecule has 0 unspecified atom stereocenters. The summed E-state index contributed by atoms with van der Waals surface area (Å²) in [5, 5.41) is 9.52. The molecule has 0 spiro atoms. The van der Waals surface area contributed by atoms with Gasteiger partial charge in [-0.15, -0.1) is 0 Å². The molecule has 1 aliphatic heterocycles. The second-order valence-corrected chi connectivity index (χ2v) is 7.12. The Hall–Kier alpha value is -3.73. The molecular weight excluding hydrogens is 426 g/mol. The fourth-order valence-corrected chi connectivity index (χ4v) is 3.67. The Kier molecular flexibility index (Phi) is 6.58. The van der Waals surface area contributed by atoms with Gasteiger partial charge in [0.1, 0.15) is 0 Å². The van der Waals surface area contributed by atoms with E-state index in [9.17, 15) is 29.1 Å². The van der Waals surface area contributed by atoms with Crippen LogP contribution in [0, 0.1) is 0 Å². The van der Waals surface area contributed by atoms with Gasteiger partial charge in [0.2, 0.25) is 0 Å². The second kappa shape index (κ2) is 9.18. The van der Waals surface area contributed by atoms with Crippen molar-refractivity contribution in [3.8, 4) is 0 Å². The quantitative estimate of drug-likeness (QED) is 0.297. The van der Waals surface area contributed by atoms with Gasteiger partial charge in [0, 0.05) is 32.4 Å². The number of carboxylic acids is 1. The van der Waals surface area contributed by atoms with Crippen LogP contribution in [0.2, 0.25) is 0 Å². The van der Waals surface area contributed by atoms with Crippen molar-refractivity contribution in [1.29, 1.82) is 0 Å². The monoisotopic (exact) mass is 447 g/mol. The highest BCUT2D eigenvalue weighted by atomic mass is 16.6. The van der Waals surface area contributed by atoms with E-state index in [4.69, 9.17) is 18.9 Å². The molecule has 11 heteroatoms. The number of hydrogen-bond donors (Lipinski definition) is 1. The van der Waals surface area contributed by atoms with Crippen molar-refractivity contribution in [2.45, 2.75) is 45.3 Å². The van der Waals surface area contributed by atoms with Crippen molar-refractivity contribution in [3.05, 3.63) is 36.0 Å². The number of Topliss-reactive ketones (excluding diaryl/α,β-unsaturated/α-hetero) is 1. The Morgan fingerprint density at radius 1 is 0.938 bits per heavy atom. The summed E-state index contributed by atoms with van der Waals surface area (Å²) >= 11 is 0. The third kappa shape index (κ3) is 4.62. The van der Waals surface area contributed by atoms with Gasteiger partial charge in [-0.25, -0.2) is 4.79 Å². The number of carboxylic acid groups (broad SMARTS) is 1. The first kappa shape index (κ1) is 22.9. The van der Waals surface area contributed by atoms with Gasteiger partial charge in [0.05, 0.1) is 17.7 Å². The minimum absolute atomic E-state index is 0.0931. The van der Waals surface area contributed by atoms with Gasteiger partial charge in [-0.2, -0.15) is 0 Å². The lowest BCUT2D eigenvalue weighted by Gasteiger charge is -2.41. The number of aromatic nitrogens is 1. The zero-order valence-corrected chi connectivity index (χ0v) is 17.5. The number of aliphatic carboxylic acids is 1. The average molecular weight is 447 g/mol. The van der Waals surface area contributed by atoms with E-state index < -0.39 is 54.2 Å². The number of nitrogens with zero attached hydrogens (tertiary/aromatic N) is 1. The van der Waals surface area contributed by atoms with Gasteiger partial charge < -0.3 is 28.6 Å². The van der Waals surface area contributed by atoms with E-state index in [0.29, 0.717) is 10.9 Å². The molecule has 4 atom stereocenters. The molecule has 2 aromatic rings. The number of hydrogen-bond acceptors (Lipinski definition) is 9. The average Bonchev–Trinajstić information content (AvgIpc) is 3.08. The van der Waals surface area contributed by atoms with E-state index in [1.807, 2.05) is 0 Å². The number of carbonyl (C=O) groups is 5. The smallest absolute Gasteiger partial charge is 0.377 e. The number of benzene rings is 1. The number of fused-ring (bicyclic) bond motifs is 1. The summed E-state index contributed by atoms with van der Waals surface area (Å²) in [6, 6.07) is 6.50. The highest BCUT2D eigenvalue weighted by Gasteiger charge is 2.48. The highest BCUT2D eigenvalue weighted by molar-refractivity contribution is 6.42. The molecule has 32 heavy (non-hydrogen) atoms. The van der Waals surface area contributed by atoms with Crippen LogP contribution in [0.3, 0.4) is 0 Å². The molecule has 170 valence electrons. The molecule has 1 fully saturated rings. The number of ketones is 1. The van der Waals surface area contributed by atoms with Crippen LogP contribution >= 0.6 is 0 Å². The van der Waals surface area contributed by atoms with Crippen LogP contribution in [-0.2, 0) is 38.1 Å². The van der Waals surface area contributed by atoms with Crippen molar-refractivity contribution in [2.75, 3.05) is 6.61 Å². The van der Waals surface area contributed by atoms with Gasteiger partial charge in [-0.1, -0.05) is 18.2 Å². The van der Waals surface area contributed by atoms with Crippen molar-refractivity contribution < 1.29 is 48.0 Å². The Balaban J connectivity index is 2.13. The SMILES string of the molecule is CC(=O)O[C@@H]1[C@H](OC(C)=O)[C@@H](OC(C)=O)CO[C@@H]1n1cc(C(=O)C(=O)O)c2ccccc21. The van der Waals surface area contributed by atoms with E-state index in [2.05, 4.69) is 0 Å². The topological polar surface area (TPSA) is 147 Å². The first-order valence-corrected chi connectivity index (χ1v) is 9.60. The molecule has 0 radical (unpaired) electrons. The van der Waals surface area contributed by atoms with Gasteiger partial charge in [0.25, 0.3) is 5.78 Å². The molecule has 11 nitrogen and oxygen atoms in total.